The molecule has 0 spiro atoms. The van der Waals surface area contributed by atoms with Crippen LogP contribution in [0.1, 0.15) is 26.7 Å². The fraction of sp³-hybridized carbons (Fsp3) is 0.533. The van der Waals surface area contributed by atoms with Crippen molar-refractivity contribution in [2.75, 3.05) is 23.8 Å². The predicted octanol–water partition coefficient (Wildman–Crippen LogP) is 1.95. The number of rotatable bonds is 2. The highest BCUT2D eigenvalue weighted by Gasteiger charge is 2.35. The number of nitrogen functional groups attached to an aromatic ring is 1. The first-order valence-electron chi connectivity index (χ1n) is 6.95. The number of carbonyl (C=O) groups excluding carboxylic acids is 1. The van der Waals surface area contributed by atoms with Crippen LogP contribution < -0.4 is 15.4 Å². The monoisotopic (exact) mass is 276 g/mol. The van der Waals surface area contributed by atoms with E-state index in [4.69, 9.17) is 15.2 Å². The molecule has 1 saturated heterocycles. The normalized spacial score (nSPS) is 24.4. The largest absolute Gasteiger partial charge is 0.482 e. The van der Waals surface area contributed by atoms with Crippen LogP contribution in [-0.2, 0) is 9.53 Å². The minimum absolute atomic E-state index is 0.0450. The van der Waals surface area contributed by atoms with Gasteiger partial charge in [-0.15, -0.1) is 0 Å². The maximum Gasteiger partial charge on any atom is 0.265 e. The second-order valence-electron chi connectivity index (χ2n) is 6.06. The summed E-state index contributed by atoms with van der Waals surface area (Å²) < 4.78 is 11.4. The number of anilines is 2. The van der Waals surface area contributed by atoms with Crippen LogP contribution in [0.3, 0.4) is 0 Å². The van der Waals surface area contributed by atoms with Crippen molar-refractivity contribution in [1.29, 1.82) is 0 Å². The molecule has 108 valence electrons. The lowest BCUT2D eigenvalue weighted by atomic mass is 10.1. The number of ether oxygens (including phenoxy) is 2. The Morgan fingerprint density at radius 2 is 2.25 bits per heavy atom. The summed E-state index contributed by atoms with van der Waals surface area (Å²) in [6.07, 6.45) is 2.05. The molecule has 0 saturated carbocycles. The summed E-state index contributed by atoms with van der Waals surface area (Å²) >= 11 is 0. The fourth-order valence-corrected chi connectivity index (χ4v) is 2.83. The summed E-state index contributed by atoms with van der Waals surface area (Å²) in [7, 11) is 0. The van der Waals surface area contributed by atoms with Crippen LogP contribution in [0.5, 0.6) is 5.75 Å². The van der Waals surface area contributed by atoms with Crippen LogP contribution in [0.2, 0.25) is 0 Å². The third kappa shape index (κ3) is 2.45. The molecule has 1 aromatic carbocycles. The van der Waals surface area contributed by atoms with E-state index in [1.165, 1.54) is 0 Å². The van der Waals surface area contributed by atoms with Gasteiger partial charge in [0.05, 0.1) is 23.9 Å². The zero-order chi connectivity index (χ0) is 14.3. The first-order valence-corrected chi connectivity index (χ1v) is 6.95. The second kappa shape index (κ2) is 4.66. The number of hydrogen-bond acceptors (Lipinski definition) is 4. The Hall–Kier alpha value is -1.75. The van der Waals surface area contributed by atoms with Gasteiger partial charge in [0, 0.05) is 5.69 Å². The Morgan fingerprint density at radius 3 is 2.95 bits per heavy atom. The topological polar surface area (TPSA) is 64.8 Å². The lowest BCUT2D eigenvalue weighted by molar-refractivity contribution is -0.122. The van der Waals surface area contributed by atoms with Crippen molar-refractivity contribution in [3.05, 3.63) is 18.2 Å². The molecule has 3 rings (SSSR count). The summed E-state index contributed by atoms with van der Waals surface area (Å²) in [6.45, 7) is 4.80. The number of benzene rings is 1. The van der Waals surface area contributed by atoms with Crippen LogP contribution in [0.4, 0.5) is 11.4 Å². The van der Waals surface area contributed by atoms with E-state index in [9.17, 15) is 4.79 Å². The molecule has 1 amide bonds. The van der Waals surface area contributed by atoms with E-state index in [1.54, 1.807) is 17.0 Å². The van der Waals surface area contributed by atoms with Gasteiger partial charge in [0.25, 0.3) is 5.91 Å². The van der Waals surface area contributed by atoms with E-state index in [-0.39, 0.29) is 24.2 Å². The van der Waals surface area contributed by atoms with E-state index in [0.717, 1.165) is 18.5 Å². The van der Waals surface area contributed by atoms with E-state index >= 15 is 0 Å². The highest BCUT2D eigenvalue weighted by molar-refractivity contribution is 5.98. The Balaban J connectivity index is 1.83. The molecular formula is C15H20N2O3. The zero-order valence-corrected chi connectivity index (χ0v) is 11.9. The van der Waals surface area contributed by atoms with Gasteiger partial charge in [0.1, 0.15) is 5.75 Å². The van der Waals surface area contributed by atoms with Gasteiger partial charge in [0.2, 0.25) is 0 Å². The van der Waals surface area contributed by atoms with Crippen molar-refractivity contribution in [2.45, 2.75) is 38.4 Å². The molecule has 0 aromatic heterocycles. The van der Waals surface area contributed by atoms with Gasteiger partial charge in [-0.1, -0.05) is 0 Å². The van der Waals surface area contributed by atoms with E-state index in [0.29, 0.717) is 18.0 Å². The molecule has 2 heterocycles. The number of nitrogens with two attached hydrogens (primary N) is 1. The highest BCUT2D eigenvalue weighted by atomic mass is 16.5. The minimum atomic E-state index is -0.0987. The summed E-state index contributed by atoms with van der Waals surface area (Å²) in [5, 5.41) is 0. The number of fused-ring (bicyclic) bond motifs is 1. The van der Waals surface area contributed by atoms with Gasteiger partial charge < -0.3 is 20.1 Å². The minimum Gasteiger partial charge on any atom is -0.482 e. The van der Waals surface area contributed by atoms with Gasteiger partial charge in [0.15, 0.2) is 6.61 Å². The van der Waals surface area contributed by atoms with E-state index < -0.39 is 0 Å². The van der Waals surface area contributed by atoms with Gasteiger partial charge in [-0.2, -0.15) is 0 Å². The molecule has 1 aromatic rings. The molecular weight excluding hydrogens is 256 g/mol. The third-order valence-electron chi connectivity index (χ3n) is 3.87. The van der Waals surface area contributed by atoms with Gasteiger partial charge in [-0.3, -0.25) is 4.79 Å². The maximum atomic E-state index is 12.1. The first kappa shape index (κ1) is 13.2. The summed E-state index contributed by atoms with van der Waals surface area (Å²) in [5.74, 6) is 0.660. The Bertz CT molecular complexity index is 542. The first-order chi connectivity index (χ1) is 9.44. The molecule has 1 fully saturated rings. The summed E-state index contributed by atoms with van der Waals surface area (Å²) in [6, 6.07) is 5.37. The molecule has 5 heteroatoms. The number of hydrogen-bond donors (Lipinski definition) is 1. The van der Waals surface area contributed by atoms with Crippen molar-refractivity contribution in [3.63, 3.8) is 0 Å². The molecule has 2 aliphatic rings. The lowest BCUT2D eigenvalue weighted by Crippen LogP contribution is -2.43. The van der Waals surface area contributed by atoms with Crippen LogP contribution in [0.15, 0.2) is 18.2 Å². The van der Waals surface area contributed by atoms with Gasteiger partial charge in [-0.05, 0) is 44.9 Å². The van der Waals surface area contributed by atoms with Gasteiger partial charge in [-0.25, -0.2) is 0 Å². The van der Waals surface area contributed by atoms with Crippen molar-refractivity contribution < 1.29 is 14.3 Å². The lowest BCUT2D eigenvalue weighted by Gasteiger charge is -2.32. The smallest absolute Gasteiger partial charge is 0.265 e. The quantitative estimate of drug-likeness (QED) is 0.839. The van der Waals surface area contributed by atoms with Crippen LogP contribution in [-0.4, -0.2) is 30.8 Å². The molecule has 0 bridgehead atoms. The van der Waals surface area contributed by atoms with Crippen LogP contribution in [0, 0.1) is 0 Å². The van der Waals surface area contributed by atoms with Gasteiger partial charge >= 0.3 is 0 Å². The molecule has 5 nitrogen and oxygen atoms in total. The SMILES string of the molecule is CC1(C)CCC(CN2C(=O)COc3ccc(N)cc32)O1. The Kier molecular flexibility index (Phi) is 3.09. The fourth-order valence-electron chi connectivity index (χ4n) is 2.83. The Morgan fingerprint density at radius 1 is 1.45 bits per heavy atom. The Labute approximate surface area is 118 Å². The standard InChI is InChI=1S/C15H20N2O3/c1-15(2)6-5-11(20-15)8-17-12-7-10(16)3-4-13(12)19-9-14(17)18/h3-4,7,11H,5-6,8-9,16H2,1-2H3. The summed E-state index contributed by atoms with van der Waals surface area (Å²) in [5.41, 5.74) is 7.09. The summed E-state index contributed by atoms with van der Waals surface area (Å²) in [4.78, 5) is 13.9. The van der Waals surface area contributed by atoms with E-state index in [1.807, 2.05) is 6.07 Å². The van der Waals surface area contributed by atoms with Crippen LogP contribution in [0.25, 0.3) is 0 Å². The van der Waals surface area contributed by atoms with Crippen molar-refractivity contribution in [2.24, 2.45) is 0 Å². The number of amides is 1. The molecule has 0 aliphatic carbocycles. The highest BCUT2D eigenvalue weighted by Crippen LogP contribution is 2.36. The molecule has 20 heavy (non-hydrogen) atoms. The molecule has 0 radical (unpaired) electrons. The van der Waals surface area contributed by atoms with E-state index in [2.05, 4.69) is 13.8 Å². The predicted molar refractivity (Wildman–Crippen MR) is 76.9 cm³/mol. The van der Waals surface area contributed by atoms with Crippen molar-refractivity contribution in [3.8, 4) is 5.75 Å². The third-order valence-corrected chi connectivity index (χ3v) is 3.87. The van der Waals surface area contributed by atoms with Crippen molar-refractivity contribution in [1.82, 2.24) is 0 Å². The molecule has 2 aliphatic heterocycles. The average molecular weight is 276 g/mol. The number of nitrogens with zero attached hydrogens (tertiary/aromatic N) is 1. The zero-order valence-electron chi connectivity index (χ0n) is 11.9. The maximum absolute atomic E-state index is 12.1. The average Bonchev–Trinajstić information content (AvgIpc) is 2.72. The molecule has 2 N–H and O–H groups in total. The molecule has 1 unspecified atom stereocenters. The van der Waals surface area contributed by atoms with Crippen LogP contribution >= 0.6 is 0 Å². The van der Waals surface area contributed by atoms with Crippen molar-refractivity contribution >= 4 is 17.3 Å². The molecule has 1 atom stereocenters. The second-order valence-corrected chi connectivity index (χ2v) is 6.06. The number of carbonyl (C=O) groups is 1.